The highest BCUT2D eigenvalue weighted by Gasteiger charge is 2.17. The van der Waals surface area contributed by atoms with E-state index in [4.69, 9.17) is 28.5 Å². The number of nitrogens with one attached hydrogen (secondary N) is 1. The number of hydrogen-bond donors (Lipinski definition) is 3. The standard InChI is InChI=1S/C17H12BrClFN5/c18-16-17(23)25-14(8-1-3-11(20)4-2-8)15(24-16)9-5-10(7-21)13(22)12(19)6-9/h1-7,21H,22H2,(H2,23,25). The molecule has 0 unspecified atom stereocenters. The molecule has 5 N–H and O–H groups in total. The lowest BCUT2D eigenvalue weighted by molar-refractivity contribution is 0.628. The Bertz CT molecular complexity index is 976. The first-order valence-corrected chi connectivity index (χ1v) is 8.26. The van der Waals surface area contributed by atoms with E-state index in [0.717, 1.165) is 6.21 Å². The number of hydrogen-bond acceptors (Lipinski definition) is 5. The lowest BCUT2D eigenvalue weighted by Gasteiger charge is -2.13. The smallest absolute Gasteiger partial charge is 0.157 e. The molecule has 0 aliphatic heterocycles. The Morgan fingerprint density at radius 3 is 2.32 bits per heavy atom. The molecule has 0 spiro atoms. The summed E-state index contributed by atoms with van der Waals surface area (Å²) in [5.74, 6) is -0.151. The molecular formula is C17H12BrClFN5. The summed E-state index contributed by atoms with van der Waals surface area (Å²) in [6.07, 6.45) is 1.11. The average Bonchev–Trinajstić information content (AvgIpc) is 2.60. The average molecular weight is 421 g/mol. The number of nitrogens with two attached hydrogens (primary N) is 2. The van der Waals surface area contributed by atoms with Gasteiger partial charge in [-0.15, -0.1) is 0 Å². The quantitative estimate of drug-likeness (QED) is 0.428. The summed E-state index contributed by atoms with van der Waals surface area (Å²) in [6.45, 7) is 0. The highest BCUT2D eigenvalue weighted by molar-refractivity contribution is 9.10. The lowest BCUT2D eigenvalue weighted by Crippen LogP contribution is -2.02. The Balaban J connectivity index is 2.29. The van der Waals surface area contributed by atoms with Gasteiger partial charge in [-0.1, -0.05) is 11.6 Å². The number of rotatable bonds is 3. The molecule has 2 aromatic carbocycles. The lowest BCUT2D eigenvalue weighted by atomic mass is 10.0. The van der Waals surface area contributed by atoms with Crippen LogP contribution in [0.4, 0.5) is 15.9 Å². The predicted molar refractivity (Wildman–Crippen MR) is 102 cm³/mol. The van der Waals surface area contributed by atoms with Crippen molar-refractivity contribution in [1.29, 1.82) is 5.41 Å². The van der Waals surface area contributed by atoms with Crippen LogP contribution in [0.15, 0.2) is 41.0 Å². The first-order valence-electron chi connectivity index (χ1n) is 7.09. The molecule has 8 heteroatoms. The van der Waals surface area contributed by atoms with Gasteiger partial charge in [0.1, 0.15) is 10.4 Å². The molecule has 0 atom stereocenters. The van der Waals surface area contributed by atoms with Crippen molar-refractivity contribution in [3.63, 3.8) is 0 Å². The van der Waals surface area contributed by atoms with Gasteiger partial charge in [0, 0.05) is 22.9 Å². The Kier molecular flexibility index (Phi) is 4.69. The molecule has 5 nitrogen and oxygen atoms in total. The summed E-state index contributed by atoms with van der Waals surface area (Å²) in [6, 6.07) is 9.17. The Hall–Kier alpha value is -2.51. The normalized spacial score (nSPS) is 10.7. The van der Waals surface area contributed by atoms with Gasteiger partial charge in [-0.05, 0) is 52.3 Å². The van der Waals surface area contributed by atoms with Crippen LogP contribution in [0.5, 0.6) is 0 Å². The van der Waals surface area contributed by atoms with Gasteiger partial charge in [0.25, 0.3) is 0 Å². The summed E-state index contributed by atoms with van der Waals surface area (Å²) in [4.78, 5) is 8.82. The maximum Gasteiger partial charge on any atom is 0.157 e. The summed E-state index contributed by atoms with van der Waals surface area (Å²) >= 11 is 9.44. The van der Waals surface area contributed by atoms with E-state index in [9.17, 15) is 4.39 Å². The van der Waals surface area contributed by atoms with Crippen LogP contribution in [0.25, 0.3) is 22.5 Å². The number of aromatic nitrogens is 2. The van der Waals surface area contributed by atoms with Crippen LogP contribution in [-0.4, -0.2) is 16.2 Å². The van der Waals surface area contributed by atoms with Crippen molar-refractivity contribution in [2.45, 2.75) is 0 Å². The Morgan fingerprint density at radius 2 is 1.68 bits per heavy atom. The molecule has 1 aromatic heterocycles. The second kappa shape index (κ2) is 6.78. The number of nitrogen functional groups attached to an aromatic ring is 2. The van der Waals surface area contributed by atoms with Crippen LogP contribution in [0.3, 0.4) is 0 Å². The van der Waals surface area contributed by atoms with Crippen LogP contribution in [0.1, 0.15) is 5.56 Å². The zero-order valence-electron chi connectivity index (χ0n) is 12.7. The van der Waals surface area contributed by atoms with E-state index in [1.165, 1.54) is 12.1 Å². The summed E-state index contributed by atoms with van der Waals surface area (Å²) in [7, 11) is 0. The third-order valence-corrected chi connectivity index (χ3v) is 4.48. The molecule has 0 fully saturated rings. The van der Waals surface area contributed by atoms with E-state index >= 15 is 0 Å². The van der Waals surface area contributed by atoms with Gasteiger partial charge in [0.05, 0.1) is 22.1 Å². The van der Waals surface area contributed by atoms with Gasteiger partial charge in [0.2, 0.25) is 0 Å². The van der Waals surface area contributed by atoms with E-state index in [-0.39, 0.29) is 11.6 Å². The number of benzene rings is 2. The van der Waals surface area contributed by atoms with Gasteiger partial charge in [-0.25, -0.2) is 14.4 Å². The van der Waals surface area contributed by atoms with Crippen LogP contribution in [0.2, 0.25) is 5.02 Å². The summed E-state index contributed by atoms with van der Waals surface area (Å²) in [5, 5.41) is 7.79. The first kappa shape index (κ1) is 17.3. The highest BCUT2D eigenvalue weighted by Crippen LogP contribution is 2.35. The molecule has 0 amide bonds. The predicted octanol–water partition coefficient (Wildman–Crippen LogP) is 4.53. The zero-order chi connectivity index (χ0) is 18.1. The van der Waals surface area contributed by atoms with Crippen molar-refractivity contribution in [2.75, 3.05) is 11.5 Å². The molecule has 0 aliphatic rings. The Morgan fingerprint density at radius 1 is 1.04 bits per heavy atom. The van der Waals surface area contributed by atoms with Crippen molar-refractivity contribution >= 4 is 45.3 Å². The minimum Gasteiger partial charge on any atom is -0.397 e. The summed E-state index contributed by atoms with van der Waals surface area (Å²) in [5.41, 5.74) is 14.7. The van der Waals surface area contributed by atoms with Crippen molar-refractivity contribution in [3.8, 4) is 22.5 Å². The fourth-order valence-corrected chi connectivity index (χ4v) is 2.83. The number of halogens is 3. The first-order chi connectivity index (χ1) is 11.9. The topological polar surface area (TPSA) is 102 Å². The van der Waals surface area contributed by atoms with Crippen molar-refractivity contribution in [2.24, 2.45) is 0 Å². The Labute approximate surface area is 156 Å². The molecule has 3 rings (SSSR count). The van der Waals surface area contributed by atoms with Crippen molar-refractivity contribution < 1.29 is 4.39 Å². The molecule has 0 saturated carbocycles. The van der Waals surface area contributed by atoms with Gasteiger partial charge >= 0.3 is 0 Å². The van der Waals surface area contributed by atoms with Gasteiger partial charge in [-0.2, -0.15) is 0 Å². The molecule has 0 radical (unpaired) electrons. The van der Waals surface area contributed by atoms with E-state index in [1.807, 2.05) is 0 Å². The van der Waals surface area contributed by atoms with Crippen molar-refractivity contribution in [3.05, 3.63) is 57.4 Å². The number of anilines is 2. The second-order valence-corrected chi connectivity index (χ2v) is 6.37. The number of nitrogens with zero attached hydrogens (tertiary/aromatic N) is 2. The fraction of sp³-hybridized carbons (Fsp3) is 0. The van der Waals surface area contributed by atoms with Gasteiger partial charge < -0.3 is 16.9 Å². The summed E-state index contributed by atoms with van der Waals surface area (Å²) < 4.78 is 13.6. The molecule has 25 heavy (non-hydrogen) atoms. The van der Waals surface area contributed by atoms with Crippen LogP contribution < -0.4 is 11.5 Å². The highest BCUT2D eigenvalue weighted by atomic mass is 79.9. The molecule has 1 heterocycles. The van der Waals surface area contributed by atoms with Crippen LogP contribution in [-0.2, 0) is 0 Å². The van der Waals surface area contributed by atoms with E-state index in [0.29, 0.717) is 43.4 Å². The van der Waals surface area contributed by atoms with Gasteiger partial charge in [-0.3, -0.25) is 0 Å². The zero-order valence-corrected chi connectivity index (χ0v) is 15.1. The van der Waals surface area contributed by atoms with Crippen LogP contribution in [0, 0.1) is 11.2 Å². The molecule has 126 valence electrons. The second-order valence-electron chi connectivity index (χ2n) is 5.21. The maximum absolute atomic E-state index is 13.2. The monoisotopic (exact) mass is 419 g/mol. The van der Waals surface area contributed by atoms with E-state index in [1.54, 1.807) is 24.3 Å². The third-order valence-electron chi connectivity index (χ3n) is 3.59. The largest absolute Gasteiger partial charge is 0.397 e. The molecule has 0 bridgehead atoms. The minimum atomic E-state index is -0.357. The minimum absolute atomic E-state index is 0.205. The van der Waals surface area contributed by atoms with E-state index in [2.05, 4.69) is 25.9 Å². The molecule has 0 aliphatic carbocycles. The fourth-order valence-electron chi connectivity index (χ4n) is 2.33. The van der Waals surface area contributed by atoms with E-state index < -0.39 is 0 Å². The van der Waals surface area contributed by atoms with Gasteiger partial charge in [0.15, 0.2) is 5.82 Å². The molecule has 0 saturated heterocycles. The SMILES string of the molecule is N=Cc1cc(-c2nc(Br)c(N)nc2-c2ccc(F)cc2)cc(Cl)c1N. The van der Waals surface area contributed by atoms with Crippen LogP contribution >= 0.6 is 27.5 Å². The third kappa shape index (κ3) is 3.33. The van der Waals surface area contributed by atoms with Crippen molar-refractivity contribution in [1.82, 2.24) is 9.97 Å². The molecule has 3 aromatic rings. The maximum atomic E-state index is 13.2. The molecular weight excluding hydrogens is 409 g/mol.